The van der Waals surface area contributed by atoms with E-state index in [1.54, 1.807) is 0 Å². The molecule has 0 unspecified atom stereocenters. The van der Waals surface area contributed by atoms with Crippen molar-refractivity contribution < 1.29 is 19.2 Å². The first-order chi connectivity index (χ1) is 5.01. The monoisotopic (exact) mass is 178 g/mol. The molecule has 1 rings (SSSR count). The molecule has 0 bridgehead atoms. The van der Waals surface area contributed by atoms with Crippen molar-refractivity contribution in [3.8, 4) is 0 Å². The Kier molecular flexibility index (Phi) is 2.61. The topological polar surface area (TPSA) is 80.9 Å². The fourth-order valence-electron chi connectivity index (χ4n) is 0.942. The van der Waals surface area contributed by atoms with Crippen LogP contribution in [-0.2, 0) is 0 Å². The van der Waals surface area contributed by atoms with Crippen molar-refractivity contribution in [1.82, 2.24) is 0 Å². The molecule has 0 aromatic heterocycles. The normalized spacial score (nSPS) is 25.6. The number of rotatable bonds is 1. The first-order valence-corrected chi connectivity index (χ1v) is 5.18. The van der Waals surface area contributed by atoms with Crippen molar-refractivity contribution in [3.05, 3.63) is 11.5 Å². The highest BCUT2D eigenvalue weighted by atomic mass is 32.3. The van der Waals surface area contributed by atoms with Crippen LogP contribution in [0, 0.1) is 0 Å². The Hall–Kier alpha value is -0.00506. The fourth-order valence-corrected chi connectivity index (χ4v) is 2.15. The molecular formula is C5H11BO4S. The molecule has 6 heteroatoms. The zero-order valence-corrected chi connectivity index (χ0v) is 6.79. The molecule has 0 radical (unpaired) electrons. The maximum Gasteiger partial charge on any atom is 0.483 e. The fraction of sp³-hybridized carbons (Fsp3) is 0.600. The van der Waals surface area contributed by atoms with E-state index >= 15 is 0 Å². The predicted molar refractivity (Wildman–Crippen MR) is 45.5 cm³/mol. The van der Waals surface area contributed by atoms with E-state index in [9.17, 15) is 0 Å². The van der Waals surface area contributed by atoms with Crippen molar-refractivity contribution in [2.45, 2.75) is 6.42 Å². The summed E-state index contributed by atoms with van der Waals surface area (Å²) in [6.45, 7) is 0. The molecule has 0 aliphatic carbocycles. The second-order valence-electron chi connectivity index (χ2n) is 2.58. The van der Waals surface area contributed by atoms with Gasteiger partial charge in [-0.05, 0) is 11.9 Å². The van der Waals surface area contributed by atoms with Crippen LogP contribution >= 0.6 is 10.6 Å². The van der Waals surface area contributed by atoms with E-state index in [2.05, 4.69) is 0 Å². The van der Waals surface area contributed by atoms with E-state index in [4.69, 9.17) is 19.2 Å². The molecule has 0 saturated heterocycles. The highest BCUT2D eigenvalue weighted by Gasteiger charge is 2.23. The molecule has 4 N–H and O–H groups in total. The lowest BCUT2D eigenvalue weighted by molar-refractivity contribution is 0.416. The molecular weight excluding hydrogens is 167 g/mol. The molecule has 1 heterocycles. The van der Waals surface area contributed by atoms with Crippen molar-refractivity contribution in [3.63, 3.8) is 0 Å². The molecule has 0 fully saturated rings. The third-order valence-electron chi connectivity index (χ3n) is 1.66. The largest absolute Gasteiger partial charge is 0.483 e. The number of allylic oxidation sites excluding steroid dienone is 1. The van der Waals surface area contributed by atoms with Crippen LogP contribution in [0.25, 0.3) is 0 Å². The summed E-state index contributed by atoms with van der Waals surface area (Å²) in [4.78, 5) is 0. The van der Waals surface area contributed by atoms with Gasteiger partial charge in [0.25, 0.3) is 0 Å². The summed E-state index contributed by atoms with van der Waals surface area (Å²) in [5.74, 6) is 0.399. The van der Waals surface area contributed by atoms with E-state index < -0.39 is 17.7 Å². The van der Waals surface area contributed by atoms with Gasteiger partial charge in [0.05, 0.1) is 5.75 Å². The van der Waals surface area contributed by atoms with Crippen LogP contribution in [0.5, 0.6) is 0 Å². The van der Waals surface area contributed by atoms with Gasteiger partial charge in [-0.2, -0.15) is 10.6 Å². The van der Waals surface area contributed by atoms with Crippen LogP contribution in [0.1, 0.15) is 6.42 Å². The summed E-state index contributed by atoms with van der Waals surface area (Å²) < 4.78 is 18.2. The second-order valence-corrected chi connectivity index (χ2v) is 4.92. The van der Waals surface area contributed by atoms with Crippen LogP contribution in [0.15, 0.2) is 11.5 Å². The van der Waals surface area contributed by atoms with Gasteiger partial charge in [0.15, 0.2) is 0 Å². The average Bonchev–Trinajstić information content (AvgIpc) is 1.86. The predicted octanol–water partition coefficient (Wildman–Crippen LogP) is 0.0791. The summed E-state index contributed by atoms with van der Waals surface area (Å²) in [5.41, 5.74) is 0.483. The van der Waals surface area contributed by atoms with Crippen LogP contribution in [0.3, 0.4) is 0 Å². The van der Waals surface area contributed by atoms with Crippen LogP contribution < -0.4 is 0 Å². The Bertz CT molecular complexity index is 179. The Labute approximate surface area is 67.1 Å². The van der Waals surface area contributed by atoms with Gasteiger partial charge in [-0.25, -0.2) is 0 Å². The molecule has 0 aromatic carbocycles. The Morgan fingerprint density at radius 3 is 2.36 bits per heavy atom. The molecule has 0 amide bonds. The summed E-state index contributed by atoms with van der Waals surface area (Å²) in [7, 11) is -3.89. The van der Waals surface area contributed by atoms with Gasteiger partial charge < -0.3 is 10.0 Å². The molecule has 4 nitrogen and oxygen atoms in total. The first kappa shape index (κ1) is 9.09. The van der Waals surface area contributed by atoms with Gasteiger partial charge in [0, 0.05) is 5.75 Å². The lowest BCUT2D eigenvalue weighted by Crippen LogP contribution is -2.22. The van der Waals surface area contributed by atoms with Crippen molar-refractivity contribution in [2.24, 2.45) is 0 Å². The standard InChI is InChI=1S/C5H11BO4S/c7-6(8)5-1-3-11(9,10)4-2-5/h1,7-10H,2-4H2. The number of hydrogen-bond donors (Lipinski definition) is 4. The Morgan fingerprint density at radius 1 is 1.36 bits per heavy atom. The van der Waals surface area contributed by atoms with E-state index in [-0.39, 0.29) is 11.5 Å². The third-order valence-corrected chi connectivity index (χ3v) is 3.22. The minimum Gasteiger partial charge on any atom is -0.423 e. The smallest absolute Gasteiger partial charge is 0.423 e. The van der Waals surface area contributed by atoms with E-state index in [1.807, 2.05) is 0 Å². The molecule has 11 heavy (non-hydrogen) atoms. The molecule has 0 spiro atoms. The molecule has 0 saturated carbocycles. The van der Waals surface area contributed by atoms with Crippen molar-refractivity contribution in [2.75, 3.05) is 11.5 Å². The van der Waals surface area contributed by atoms with Gasteiger partial charge in [-0.1, -0.05) is 6.08 Å². The van der Waals surface area contributed by atoms with Gasteiger partial charge in [0.2, 0.25) is 0 Å². The SMILES string of the molecule is OB(O)C1=CCS(O)(O)CC1. The Morgan fingerprint density at radius 2 is 2.00 bits per heavy atom. The van der Waals surface area contributed by atoms with Crippen LogP contribution in [-0.4, -0.2) is 37.8 Å². The van der Waals surface area contributed by atoms with Crippen molar-refractivity contribution >= 4 is 17.7 Å². The summed E-state index contributed by atoms with van der Waals surface area (Å²) >= 11 is 0. The highest BCUT2D eigenvalue weighted by molar-refractivity contribution is 8.24. The maximum absolute atomic E-state index is 9.11. The van der Waals surface area contributed by atoms with E-state index in [0.29, 0.717) is 11.9 Å². The van der Waals surface area contributed by atoms with Gasteiger partial charge in [0.1, 0.15) is 0 Å². The summed E-state index contributed by atoms with van der Waals surface area (Å²) in [6.07, 6.45) is 1.85. The molecule has 0 aromatic rings. The average molecular weight is 178 g/mol. The minimum atomic E-state index is -2.45. The lowest BCUT2D eigenvalue weighted by atomic mass is 9.77. The lowest BCUT2D eigenvalue weighted by Gasteiger charge is -2.34. The van der Waals surface area contributed by atoms with Crippen LogP contribution in [0.2, 0.25) is 0 Å². The molecule has 64 valence electrons. The van der Waals surface area contributed by atoms with Crippen LogP contribution in [0.4, 0.5) is 0 Å². The third kappa shape index (κ3) is 2.50. The zero-order chi connectivity index (χ0) is 8.48. The number of hydrogen-bond acceptors (Lipinski definition) is 4. The van der Waals surface area contributed by atoms with E-state index in [1.165, 1.54) is 6.08 Å². The Balaban J connectivity index is 2.58. The van der Waals surface area contributed by atoms with Gasteiger partial charge in [-0.3, -0.25) is 9.11 Å². The highest BCUT2D eigenvalue weighted by Crippen LogP contribution is 2.43. The van der Waals surface area contributed by atoms with Crippen molar-refractivity contribution in [1.29, 1.82) is 0 Å². The quantitative estimate of drug-likeness (QED) is 0.428. The molecule has 1 aliphatic heterocycles. The van der Waals surface area contributed by atoms with Gasteiger partial charge in [-0.15, -0.1) is 0 Å². The van der Waals surface area contributed by atoms with E-state index in [0.717, 1.165) is 0 Å². The molecule has 0 atom stereocenters. The zero-order valence-electron chi connectivity index (χ0n) is 5.97. The first-order valence-electron chi connectivity index (χ1n) is 3.30. The second kappa shape index (κ2) is 3.16. The summed E-state index contributed by atoms with van der Waals surface area (Å²) in [5, 5.41) is 17.4. The molecule has 1 aliphatic rings. The minimum absolute atomic E-state index is 0.153. The summed E-state index contributed by atoms with van der Waals surface area (Å²) in [6, 6.07) is 0. The van der Waals surface area contributed by atoms with Gasteiger partial charge >= 0.3 is 7.12 Å². The maximum atomic E-state index is 9.11.